The van der Waals surface area contributed by atoms with Crippen LogP contribution >= 0.6 is 11.6 Å². The van der Waals surface area contributed by atoms with Crippen LogP contribution in [0.2, 0.25) is 5.02 Å². The highest BCUT2D eigenvalue weighted by Crippen LogP contribution is 2.27. The Bertz CT molecular complexity index is 1160. The highest BCUT2D eigenvalue weighted by molar-refractivity contribution is 6.30. The number of ether oxygens (including phenoxy) is 2. The van der Waals surface area contributed by atoms with Gasteiger partial charge in [-0.2, -0.15) is 5.26 Å². The molecular formula is C21H18ClN3O4. The first-order valence-electron chi connectivity index (χ1n) is 8.81. The largest absolute Gasteiger partial charge is 0.481 e. The fraction of sp³-hybridized carbons (Fsp3) is 0.238. The summed E-state index contributed by atoms with van der Waals surface area (Å²) in [6.45, 7) is 2.92. The molecule has 0 bridgehead atoms. The van der Waals surface area contributed by atoms with Gasteiger partial charge in [0.15, 0.2) is 12.4 Å². The van der Waals surface area contributed by atoms with E-state index in [2.05, 4.69) is 4.98 Å². The second kappa shape index (κ2) is 8.76. The summed E-state index contributed by atoms with van der Waals surface area (Å²) in [5.74, 6) is 0.142. The molecule has 3 rings (SSSR count). The van der Waals surface area contributed by atoms with Crippen LogP contribution < -0.4 is 10.3 Å². The van der Waals surface area contributed by atoms with E-state index in [0.29, 0.717) is 21.7 Å². The third kappa shape index (κ3) is 4.55. The summed E-state index contributed by atoms with van der Waals surface area (Å²) >= 11 is 5.99. The lowest BCUT2D eigenvalue weighted by Gasteiger charge is -2.13. The summed E-state index contributed by atoms with van der Waals surface area (Å²) in [5.41, 5.74) is 1.73. The Morgan fingerprint density at radius 3 is 2.62 bits per heavy atom. The Hall–Kier alpha value is -3.37. The number of rotatable bonds is 6. The van der Waals surface area contributed by atoms with Crippen LogP contribution in [-0.4, -0.2) is 22.1 Å². The number of benzene rings is 2. The van der Waals surface area contributed by atoms with Crippen molar-refractivity contribution in [2.45, 2.75) is 27.0 Å². The van der Waals surface area contributed by atoms with Crippen LogP contribution in [0.3, 0.4) is 0 Å². The normalized spacial score (nSPS) is 10.6. The number of carbonyl (C=O) groups is 1. The van der Waals surface area contributed by atoms with Gasteiger partial charge >= 0.3 is 5.97 Å². The highest BCUT2D eigenvalue weighted by atomic mass is 35.5. The van der Waals surface area contributed by atoms with E-state index in [0.717, 1.165) is 11.1 Å². The molecule has 148 valence electrons. The second-order valence-electron chi connectivity index (χ2n) is 6.41. The van der Waals surface area contributed by atoms with Crippen LogP contribution in [0.25, 0.3) is 10.9 Å². The molecule has 2 aromatic carbocycles. The van der Waals surface area contributed by atoms with E-state index in [1.807, 2.05) is 19.9 Å². The van der Waals surface area contributed by atoms with Crippen LogP contribution in [0.1, 0.15) is 17.0 Å². The van der Waals surface area contributed by atoms with Gasteiger partial charge in [-0.25, -0.2) is 9.78 Å². The number of carbonyl (C=O) groups excluding carboxylic acids is 1. The van der Waals surface area contributed by atoms with Crippen LogP contribution in [0.5, 0.6) is 5.75 Å². The predicted molar refractivity (Wildman–Crippen MR) is 108 cm³/mol. The summed E-state index contributed by atoms with van der Waals surface area (Å²) in [6, 6.07) is 12.2. The smallest absolute Gasteiger partial charge is 0.344 e. The summed E-state index contributed by atoms with van der Waals surface area (Å²) in [7, 11) is 0. The van der Waals surface area contributed by atoms with E-state index in [1.165, 1.54) is 4.57 Å². The SMILES string of the molecule is Cc1cc(Cl)cc(C)c1OCC(=O)OCc1nc2ccccc2c(=O)n1CC#N. The Balaban J connectivity index is 1.73. The van der Waals surface area contributed by atoms with Crippen molar-refractivity contribution in [1.82, 2.24) is 9.55 Å². The maximum atomic E-state index is 12.6. The zero-order chi connectivity index (χ0) is 21.0. The van der Waals surface area contributed by atoms with Crippen molar-refractivity contribution in [2.75, 3.05) is 6.61 Å². The number of esters is 1. The lowest BCUT2D eigenvalue weighted by Crippen LogP contribution is -2.26. The van der Waals surface area contributed by atoms with Crippen molar-refractivity contribution in [3.63, 3.8) is 0 Å². The Kier molecular flexibility index (Phi) is 6.15. The van der Waals surface area contributed by atoms with Gasteiger partial charge in [-0.1, -0.05) is 23.7 Å². The molecule has 0 amide bonds. The summed E-state index contributed by atoms with van der Waals surface area (Å²) < 4.78 is 12.0. The third-order valence-corrected chi connectivity index (χ3v) is 4.51. The minimum Gasteiger partial charge on any atom is -0.481 e. The molecule has 0 saturated heterocycles. The van der Waals surface area contributed by atoms with E-state index in [1.54, 1.807) is 36.4 Å². The molecule has 0 aliphatic heterocycles. The Labute approximate surface area is 172 Å². The predicted octanol–water partition coefficient (Wildman–Crippen LogP) is 3.31. The van der Waals surface area contributed by atoms with Gasteiger partial charge in [0.25, 0.3) is 5.56 Å². The van der Waals surface area contributed by atoms with Crippen LogP contribution in [0, 0.1) is 25.2 Å². The number of nitrogens with zero attached hydrogens (tertiary/aromatic N) is 3. The van der Waals surface area contributed by atoms with Crippen molar-refractivity contribution >= 4 is 28.5 Å². The molecule has 0 aliphatic carbocycles. The van der Waals surface area contributed by atoms with Crippen molar-refractivity contribution in [3.05, 3.63) is 68.7 Å². The molecule has 7 nitrogen and oxygen atoms in total. The van der Waals surface area contributed by atoms with E-state index in [-0.39, 0.29) is 31.1 Å². The van der Waals surface area contributed by atoms with Gasteiger partial charge in [-0.3, -0.25) is 9.36 Å². The molecule has 0 N–H and O–H groups in total. The van der Waals surface area contributed by atoms with Gasteiger partial charge in [0.05, 0.1) is 17.0 Å². The molecule has 1 heterocycles. The second-order valence-corrected chi connectivity index (χ2v) is 6.85. The molecule has 0 radical (unpaired) electrons. The van der Waals surface area contributed by atoms with Gasteiger partial charge in [0, 0.05) is 5.02 Å². The number of hydrogen-bond donors (Lipinski definition) is 0. The number of para-hydroxylation sites is 1. The quantitative estimate of drug-likeness (QED) is 0.577. The molecule has 8 heteroatoms. The van der Waals surface area contributed by atoms with Crippen LogP contribution in [0.15, 0.2) is 41.2 Å². The minimum atomic E-state index is -0.621. The van der Waals surface area contributed by atoms with Crippen molar-refractivity contribution in [1.29, 1.82) is 5.26 Å². The van der Waals surface area contributed by atoms with E-state index in [4.69, 9.17) is 26.3 Å². The van der Waals surface area contributed by atoms with Gasteiger partial charge in [0.1, 0.15) is 18.9 Å². The first kappa shape index (κ1) is 20.4. The average molecular weight is 412 g/mol. The molecule has 0 atom stereocenters. The standard InChI is InChI=1S/C21H18ClN3O4/c1-13-9-15(22)10-14(2)20(13)29-12-19(26)28-11-18-24-17-6-4-3-5-16(17)21(27)25(18)8-7-23/h3-6,9-10H,8,11-12H2,1-2H3. The zero-order valence-corrected chi connectivity index (χ0v) is 16.7. The van der Waals surface area contributed by atoms with Gasteiger partial charge < -0.3 is 9.47 Å². The molecule has 0 saturated carbocycles. The summed E-state index contributed by atoms with van der Waals surface area (Å²) in [5, 5.41) is 10.0. The fourth-order valence-electron chi connectivity index (χ4n) is 3.00. The van der Waals surface area contributed by atoms with Crippen molar-refractivity contribution in [2.24, 2.45) is 0 Å². The molecule has 0 aliphatic rings. The maximum Gasteiger partial charge on any atom is 0.344 e. The van der Waals surface area contributed by atoms with Gasteiger partial charge in [-0.15, -0.1) is 0 Å². The lowest BCUT2D eigenvalue weighted by molar-refractivity contribution is -0.147. The zero-order valence-electron chi connectivity index (χ0n) is 15.9. The summed E-state index contributed by atoms with van der Waals surface area (Å²) in [4.78, 5) is 29.1. The van der Waals surface area contributed by atoms with E-state index in [9.17, 15) is 9.59 Å². The maximum absolute atomic E-state index is 12.6. The molecule has 0 spiro atoms. The third-order valence-electron chi connectivity index (χ3n) is 4.29. The average Bonchev–Trinajstić information content (AvgIpc) is 2.68. The van der Waals surface area contributed by atoms with Gasteiger partial charge in [0.2, 0.25) is 0 Å². The molecule has 0 fully saturated rings. The van der Waals surface area contributed by atoms with Crippen molar-refractivity contribution < 1.29 is 14.3 Å². The molecule has 3 aromatic rings. The van der Waals surface area contributed by atoms with Gasteiger partial charge in [-0.05, 0) is 49.2 Å². The highest BCUT2D eigenvalue weighted by Gasteiger charge is 2.14. The molecule has 1 aromatic heterocycles. The summed E-state index contributed by atoms with van der Waals surface area (Å²) in [6.07, 6.45) is 0. The number of aryl methyl sites for hydroxylation is 2. The fourth-order valence-corrected chi connectivity index (χ4v) is 3.33. The van der Waals surface area contributed by atoms with E-state index < -0.39 is 5.97 Å². The number of hydrogen-bond acceptors (Lipinski definition) is 6. The van der Waals surface area contributed by atoms with Crippen molar-refractivity contribution in [3.8, 4) is 11.8 Å². The molecular weight excluding hydrogens is 394 g/mol. The van der Waals surface area contributed by atoms with Crippen LogP contribution in [0.4, 0.5) is 0 Å². The topological polar surface area (TPSA) is 94.2 Å². The Morgan fingerprint density at radius 2 is 1.93 bits per heavy atom. The Morgan fingerprint density at radius 1 is 1.24 bits per heavy atom. The monoisotopic (exact) mass is 411 g/mol. The van der Waals surface area contributed by atoms with E-state index >= 15 is 0 Å². The first-order chi connectivity index (χ1) is 13.9. The number of nitriles is 1. The number of aromatic nitrogens is 2. The minimum absolute atomic E-state index is 0.191. The molecule has 0 unspecified atom stereocenters. The van der Waals surface area contributed by atoms with Crippen LogP contribution in [-0.2, 0) is 22.7 Å². The first-order valence-corrected chi connectivity index (χ1v) is 9.19. The number of halogens is 1. The molecule has 29 heavy (non-hydrogen) atoms. The lowest BCUT2D eigenvalue weighted by atomic mass is 10.1. The number of fused-ring (bicyclic) bond motifs is 1.